The van der Waals surface area contributed by atoms with Gasteiger partial charge in [-0.2, -0.15) is 0 Å². The molecule has 0 saturated carbocycles. The van der Waals surface area contributed by atoms with Gasteiger partial charge in [0.15, 0.2) is 0 Å². The Morgan fingerprint density at radius 1 is 1.32 bits per heavy atom. The van der Waals surface area contributed by atoms with Crippen LogP contribution in [0.3, 0.4) is 0 Å². The zero-order valence-electron chi connectivity index (χ0n) is 15.0. The highest BCUT2D eigenvalue weighted by atomic mass is 32.1. The normalized spacial score (nSPS) is 12.3. The van der Waals surface area contributed by atoms with Crippen LogP contribution in [-0.4, -0.2) is 23.1 Å². The molecule has 28 heavy (non-hydrogen) atoms. The Hall–Kier alpha value is -2.91. The minimum absolute atomic E-state index is 0.209. The number of thiazole rings is 1. The molecule has 3 rings (SSSR count). The zero-order valence-corrected chi connectivity index (χ0v) is 16.7. The molecule has 1 N–H and O–H groups in total. The van der Waals surface area contributed by atoms with E-state index < -0.39 is 5.97 Å². The summed E-state index contributed by atoms with van der Waals surface area (Å²) >= 11 is 2.64. The number of hydrogen-bond acceptors (Lipinski definition) is 7. The van der Waals surface area contributed by atoms with Crippen molar-refractivity contribution >= 4 is 46.7 Å². The Labute approximate surface area is 168 Å². The van der Waals surface area contributed by atoms with E-state index in [1.165, 1.54) is 28.2 Å². The summed E-state index contributed by atoms with van der Waals surface area (Å²) in [5, 5.41) is 4.60. The molecule has 0 saturated heterocycles. The molecule has 0 aliphatic carbocycles. The number of ether oxygens (including phenoxy) is 1. The Bertz CT molecular complexity index is 1110. The first-order valence-corrected chi connectivity index (χ1v) is 10.2. The number of nitrogens with zero attached hydrogens (tertiary/aromatic N) is 1. The van der Waals surface area contributed by atoms with Crippen LogP contribution in [0, 0.1) is 0 Å². The lowest BCUT2D eigenvalue weighted by Crippen LogP contribution is -2.38. The molecule has 0 atom stereocenters. The molecular formula is C19H18N2O5S2. The summed E-state index contributed by atoms with van der Waals surface area (Å²) in [6.07, 6.45) is 4.50. The molecule has 0 spiro atoms. The first-order chi connectivity index (χ1) is 13.6. The summed E-state index contributed by atoms with van der Waals surface area (Å²) in [5.41, 5.74) is -0.331. The highest BCUT2D eigenvalue weighted by molar-refractivity contribution is 7.11. The summed E-state index contributed by atoms with van der Waals surface area (Å²) in [6, 6.07) is 7.24. The predicted molar refractivity (Wildman–Crippen MR) is 107 cm³/mol. The van der Waals surface area contributed by atoms with E-state index >= 15 is 0 Å². The molecule has 0 bridgehead atoms. The van der Waals surface area contributed by atoms with Crippen molar-refractivity contribution in [1.29, 1.82) is 0 Å². The second kappa shape index (κ2) is 9.34. The maximum atomic E-state index is 12.8. The van der Waals surface area contributed by atoms with E-state index in [-0.39, 0.29) is 31.2 Å². The molecule has 146 valence electrons. The van der Waals surface area contributed by atoms with Gasteiger partial charge in [-0.1, -0.05) is 6.07 Å². The number of thiophene rings is 1. The molecule has 0 unspecified atom stereocenters. The van der Waals surface area contributed by atoms with Crippen LogP contribution in [0.4, 0.5) is 0 Å². The van der Waals surface area contributed by atoms with Crippen molar-refractivity contribution < 1.29 is 18.7 Å². The number of aromatic nitrogens is 1. The van der Waals surface area contributed by atoms with Crippen LogP contribution in [0.1, 0.15) is 17.6 Å². The predicted octanol–water partition coefficient (Wildman–Crippen LogP) is 1.05. The number of nitrogens with one attached hydrogen (secondary N) is 1. The van der Waals surface area contributed by atoms with Gasteiger partial charge in [0.25, 0.3) is 5.56 Å². The second-order valence-electron chi connectivity index (χ2n) is 5.61. The van der Waals surface area contributed by atoms with E-state index in [2.05, 4.69) is 5.32 Å². The number of carbonyl (C=O) groups is 2. The second-order valence-corrected chi connectivity index (χ2v) is 7.65. The molecule has 0 aliphatic heterocycles. The minimum Gasteiger partial charge on any atom is -0.467 e. The molecule has 3 heterocycles. The van der Waals surface area contributed by atoms with Crippen molar-refractivity contribution in [3.8, 4) is 0 Å². The first-order valence-electron chi connectivity index (χ1n) is 8.49. The number of furan rings is 1. The first kappa shape index (κ1) is 19.8. The SMILES string of the molecule is CCOC(=O)/C=c1/s/c(=C\c2cccs2)c(=O)n1CC(=O)NCc1ccco1. The number of esters is 1. The van der Waals surface area contributed by atoms with Gasteiger partial charge in [-0.05, 0) is 36.6 Å². The van der Waals surface area contributed by atoms with Gasteiger partial charge in [0.1, 0.15) is 17.0 Å². The van der Waals surface area contributed by atoms with E-state index in [9.17, 15) is 14.4 Å². The van der Waals surface area contributed by atoms with Crippen LogP contribution in [0.15, 0.2) is 45.1 Å². The average Bonchev–Trinajstić information content (AvgIpc) is 3.40. The third kappa shape index (κ3) is 5.08. The van der Waals surface area contributed by atoms with Gasteiger partial charge in [0, 0.05) is 4.88 Å². The standard InChI is InChI=1S/C19H18N2O5S2/c1-2-25-18(23)10-17-21(12-16(22)20-11-13-5-3-7-26-13)19(24)15(28-17)9-14-6-4-8-27-14/h3-10H,2,11-12H2,1H3,(H,20,22)/b15-9-,17-10+. The molecule has 9 heteroatoms. The summed E-state index contributed by atoms with van der Waals surface area (Å²) < 4.78 is 12.2. The summed E-state index contributed by atoms with van der Waals surface area (Å²) in [6.45, 7) is 1.93. The van der Waals surface area contributed by atoms with Gasteiger partial charge in [-0.15, -0.1) is 22.7 Å². The van der Waals surface area contributed by atoms with Gasteiger partial charge in [0.2, 0.25) is 5.91 Å². The Kier molecular flexibility index (Phi) is 6.62. The average molecular weight is 418 g/mol. The van der Waals surface area contributed by atoms with E-state index in [4.69, 9.17) is 9.15 Å². The van der Waals surface area contributed by atoms with Gasteiger partial charge >= 0.3 is 5.97 Å². The van der Waals surface area contributed by atoms with Crippen LogP contribution in [-0.2, 0) is 27.4 Å². The lowest BCUT2D eigenvalue weighted by atomic mass is 10.4. The van der Waals surface area contributed by atoms with Crippen molar-refractivity contribution in [2.24, 2.45) is 0 Å². The molecule has 0 aliphatic rings. The maximum absolute atomic E-state index is 12.8. The Balaban J connectivity index is 1.91. The van der Waals surface area contributed by atoms with Crippen molar-refractivity contribution in [1.82, 2.24) is 9.88 Å². The fourth-order valence-electron chi connectivity index (χ4n) is 2.38. The zero-order chi connectivity index (χ0) is 19.9. The van der Waals surface area contributed by atoms with Crippen LogP contribution >= 0.6 is 22.7 Å². The smallest absolute Gasteiger partial charge is 0.333 e. The quantitative estimate of drug-likeness (QED) is 0.580. The van der Waals surface area contributed by atoms with Crippen molar-refractivity contribution in [3.05, 3.63) is 66.1 Å². The Morgan fingerprint density at radius 3 is 2.86 bits per heavy atom. The highest BCUT2D eigenvalue weighted by Gasteiger charge is 2.11. The van der Waals surface area contributed by atoms with Crippen LogP contribution in [0.25, 0.3) is 12.2 Å². The lowest BCUT2D eigenvalue weighted by molar-refractivity contribution is -0.135. The minimum atomic E-state index is -0.559. The Morgan fingerprint density at radius 2 is 2.18 bits per heavy atom. The van der Waals surface area contributed by atoms with E-state index in [1.807, 2.05) is 17.5 Å². The van der Waals surface area contributed by atoms with Crippen molar-refractivity contribution in [2.75, 3.05) is 6.61 Å². The van der Waals surface area contributed by atoms with Gasteiger partial charge in [-0.3, -0.25) is 14.2 Å². The van der Waals surface area contributed by atoms with Crippen LogP contribution in [0.2, 0.25) is 0 Å². The molecule has 0 fully saturated rings. The summed E-state index contributed by atoms with van der Waals surface area (Å²) in [5.74, 6) is -0.315. The largest absolute Gasteiger partial charge is 0.467 e. The maximum Gasteiger partial charge on any atom is 0.333 e. The molecule has 1 amide bonds. The number of amides is 1. The van der Waals surface area contributed by atoms with Crippen molar-refractivity contribution in [2.45, 2.75) is 20.0 Å². The molecule has 0 radical (unpaired) electrons. The number of carbonyl (C=O) groups excluding carboxylic acids is 2. The van der Waals surface area contributed by atoms with Gasteiger partial charge in [0.05, 0.1) is 30.0 Å². The topological polar surface area (TPSA) is 90.5 Å². The fourth-order valence-corrected chi connectivity index (χ4v) is 4.13. The van der Waals surface area contributed by atoms with Crippen LogP contribution in [0.5, 0.6) is 0 Å². The molecular weight excluding hydrogens is 400 g/mol. The van der Waals surface area contributed by atoms with E-state index in [1.54, 1.807) is 25.1 Å². The van der Waals surface area contributed by atoms with Gasteiger partial charge in [-0.25, -0.2) is 4.79 Å². The van der Waals surface area contributed by atoms with E-state index in [0.29, 0.717) is 15.0 Å². The molecule has 7 nitrogen and oxygen atoms in total. The summed E-state index contributed by atoms with van der Waals surface area (Å²) in [7, 11) is 0. The molecule has 0 aromatic carbocycles. The van der Waals surface area contributed by atoms with Gasteiger partial charge < -0.3 is 14.5 Å². The van der Waals surface area contributed by atoms with Crippen molar-refractivity contribution in [3.63, 3.8) is 0 Å². The molecule has 3 aromatic rings. The lowest BCUT2D eigenvalue weighted by Gasteiger charge is -2.04. The third-order valence-electron chi connectivity index (χ3n) is 3.62. The summed E-state index contributed by atoms with van der Waals surface area (Å²) in [4.78, 5) is 37.9. The third-order valence-corrected chi connectivity index (χ3v) is 5.50. The monoisotopic (exact) mass is 418 g/mol. The van der Waals surface area contributed by atoms with E-state index in [0.717, 1.165) is 16.2 Å². The number of rotatable bonds is 7. The fraction of sp³-hybridized carbons (Fsp3) is 0.211. The number of hydrogen-bond donors (Lipinski definition) is 1. The molecule has 3 aromatic heterocycles. The highest BCUT2D eigenvalue weighted by Crippen LogP contribution is 2.08. The van der Waals surface area contributed by atoms with Crippen LogP contribution < -0.4 is 20.1 Å².